The predicted molar refractivity (Wildman–Crippen MR) is 79.8 cm³/mol. The number of Topliss-reactive ketones (excluding diaryl/α,β-unsaturated/α-hetero) is 1. The Morgan fingerprint density at radius 1 is 1.21 bits per heavy atom. The molecule has 2 atom stereocenters. The third kappa shape index (κ3) is 6.50. The van der Waals surface area contributed by atoms with E-state index in [4.69, 9.17) is 11.5 Å². The molecule has 0 radical (unpaired) electrons. The van der Waals surface area contributed by atoms with Gasteiger partial charge in [0.05, 0.1) is 6.04 Å². The van der Waals surface area contributed by atoms with Crippen LogP contribution in [0.1, 0.15) is 38.2 Å². The van der Waals surface area contributed by atoms with Crippen LogP contribution in [0, 0.1) is 5.92 Å². The first-order chi connectivity index (χ1) is 9.13. The van der Waals surface area contributed by atoms with Gasteiger partial charge in [0, 0.05) is 6.42 Å². The summed E-state index contributed by atoms with van der Waals surface area (Å²) in [5.41, 5.74) is 12.6. The van der Waals surface area contributed by atoms with Crippen molar-refractivity contribution in [3.63, 3.8) is 0 Å². The molecule has 1 aromatic rings. The van der Waals surface area contributed by atoms with Crippen molar-refractivity contribution in [2.45, 2.75) is 45.1 Å². The van der Waals surface area contributed by atoms with Crippen LogP contribution < -0.4 is 11.5 Å². The van der Waals surface area contributed by atoms with E-state index in [0.717, 1.165) is 25.7 Å². The number of carbonyl (C=O) groups excluding carboxylic acids is 1. The lowest BCUT2D eigenvalue weighted by Gasteiger charge is -2.14. The summed E-state index contributed by atoms with van der Waals surface area (Å²) < 4.78 is 0. The van der Waals surface area contributed by atoms with Gasteiger partial charge in [0.1, 0.15) is 5.78 Å². The minimum atomic E-state index is -0.315. The Kier molecular flexibility index (Phi) is 7.38. The Balaban J connectivity index is 2.31. The Morgan fingerprint density at radius 2 is 1.89 bits per heavy atom. The van der Waals surface area contributed by atoms with Crippen molar-refractivity contribution in [2.75, 3.05) is 6.54 Å². The third-order valence-electron chi connectivity index (χ3n) is 3.36. The normalized spacial score (nSPS) is 14.1. The molecule has 0 aliphatic carbocycles. The molecule has 0 saturated carbocycles. The molecule has 0 fully saturated rings. The topological polar surface area (TPSA) is 69.1 Å². The van der Waals surface area contributed by atoms with Crippen LogP contribution in [0.15, 0.2) is 30.3 Å². The maximum absolute atomic E-state index is 12.0. The summed E-state index contributed by atoms with van der Waals surface area (Å²) in [6.07, 6.45) is 4.14. The standard InChI is InChI=1S/C16H26N2O/c1-13(11-14-7-3-2-4-8-14)12-16(19)15(18)9-5-6-10-17/h2-4,7-8,13,15H,5-6,9-12,17-18H2,1H3/t13-,15-/m0/s1. The highest BCUT2D eigenvalue weighted by molar-refractivity contribution is 5.83. The van der Waals surface area contributed by atoms with Gasteiger partial charge in [0.25, 0.3) is 0 Å². The lowest BCUT2D eigenvalue weighted by molar-refractivity contribution is -0.121. The highest BCUT2D eigenvalue weighted by atomic mass is 16.1. The maximum atomic E-state index is 12.0. The number of carbonyl (C=O) groups is 1. The molecule has 0 aromatic heterocycles. The first-order valence-corrected chi connectivity index (χ1v) is 7.15. The molecule has 0 unspecified atom stereocenters. The summed E-state index contributed by atoms with van der Waals surface area (Å²) in [5, 5.41) is 0. The van der Waals surface area contributed by atoms with Gasteiger partial charge in [-0.15, -0.1) is 0 Å². The molecule has 0 aliphatic rings. The minimum absolute atomic E-state index is 0.181. The molecular weight excluding hydrogens is 236 g/mol. The Labute approximate surface area is 116 Å². The molecule has 19 heavy (non-hydrogen) atoms. The quantitative estimate of drug-likeness (QED) is 0.671. The summed E-state index contributed by atoms with van der Waals surface area (Å²) in [6.45, 7) is 2.78. The highest BCUT2D eigenvalue weighted by Crippen LogP contribution is 2.13. The van der Waals surface area contributed by atoms with Gasteiger partial charge >= 0.3 is 0 Å². The molecule has 3 heteroatoms. The van der Waals surface area contributed by atoms with Crippen molar-refractivity contribution < 1.29 is 4.79 Å². The monoisotopic (exact) mass is 262 g/mol. The lowest BCUT2D eigenvalue weighted by Crippen LogP contribution is -2.31. The number of nitrogens with two attached hydrogens (primary N) is 2. The van der Waals surface area contributed by atoms with Crippen LogP contribution in [-0.4, -0.2) is 18.4 Å². The SMILES string of the molecule is C[C@H](CC(=O)[C@@H](N)CCCCN)Cc1ccccc1. The molecular formula is C16H26N2O. The van der Waals surface area contributed by atoms with Crippen molar-refractivity contribution >= 4 is 5.78 Å². The van der Waals surface area contributed by atoms with Gasteiger partial charge in [0.2, 0.25) is 0 Å². The Hall–Kier alpha value is -1.19. The molecule has 0 spiro atoms. The average Bonchev–Trinajstić information content (AvgIpc) is 2.39. The second-order valence-electron chi connectivity index (χ2n) is 5.36. The van der Waals surface area contributed by atoms with Crippen molar-refractivity contribution in [3.8, 4) is 0 Å². The fourth-order valence-corrected chi connectivity index (χ4v) is 2.25. The van der Waals surface area contributed by atoms with Gasteiger partial charge in [-0.1, -0.05) is 43.7 Å². The summed E-state index contributed by atoms with van der Waals surface area (Å²) in [5.74, 6) is 0.524. The molecule has 3 nitrogen and oxygen atoms in total. The Morgan fingerprint density at radius 3 is 2.53 bits per heavy atom. The van der Waals surface area contributed by atoms with Crippen LogP contribution in [0.2, 0.25) is 0 Å². The van der Waals surface area contributed by atoms with E-state index in [0.29, 0.717) is 18.9 Å². The van der Waals surface area contributed by atoms with E-state index in [2.05, 4.69) is 19.1 Å². The van der Waals surface area contributed by atoms with Crippen LogP contribution in [0.25, 0.3) is 0 Å². The van der Waals surface area contributed by atoms with Crippen LogP contribution in [-0.2, 0) is 11.2 Å². The second kappa shape index (κ2) is 8.83. The van der Waals surface area contributed by atoms with Gasteiger partial charge in [0.15, 0.2) is 0 Å². The lowest BCUT2D eigenvalue weighted by atomic mass is 9.92. The summed E-state index contributed by atoms with van der Waals surface area (Å²) in [6, 6.07) is 9.95. The summed E-state index contributed by atoms with van der Waals surface area (Å²) >= 11 is 0. The van der Waals surface area contributed by atoms with Crippen molar-refractivity contribution in [1.82, 2.24) is 0 Å². The second-order valence-corrected chi connectivity index (χ2v) is 5.36. The third-order valence-corrected chi connectivity index (χ3v) is 3.36. The summed E-state index contributed by atoms with van der Waals surface area (Å²) in [7, 11) is 0. The summed E-state index contributed by atoms with van der Waals surface area (Å²) in [4.78, 5) is 12.0. The fraction of sp³-hybridized carbons (Fsp3) is 0.562. The minimum Gasteiger partial charge on any atom is -0.330 e. The smallest absolute Gasteiger partial charge is 0.149 e. The van der Waals surface area contributed by atoms with Crippen LogP contribution in [0.4, 0.5) is 0 Å². The highest BCUT2D eigenvalue weighted by Gasteiger charge is 2.16. The van der Waals surface area contributed by atoms with Gasteiger partial charge in [-0.3, -0.25) is 4.79 Å². The van der Waals surface area contributed by atoms with E-state index in [1.54, 1.807) is 0 Å². The van der Waals surface area contributed by atoms with E-state index >= 15 is 0 Å². The van der Waals surface area contributed by atoms with E-state index in [1.807, 2.05) is 18.2 Å². The molecule has 0 heterocycles. The molecule has 0 aliphatic heterocycles. The number of unbranched alkanes of at least 4 members (excludes halogenated alkanes) is 1. The fourth-order valence-electron chi connectivity index (χ4n) is 2.25. The van der Waals surface area contributed by atoms with E-state index in [1.165, 1.54) is 5.56 Å². The molecule has 0 bridgehead atoms. The average molecular weight is 262 g/mol. The zero-order valence-corrected chi connectivity index (χ0v) is 11.8. The number of benzene rings is 1. The number of hydrogen-bond donors (Lipinski definition) is 2. The van der Waals surface area contributed by atoms with E-state index in [9.17, 15) is 4.79 Å². The van der Waals surface area contributed by atoms with Crippen molar-refractivity contribution in [2.24, 2.45) is 17.4 Å². The number of rotatable bonds is 9. The molecule has 1 aromatic carbocycles. The van der Waals surface area contributed by atoms with Gasteiger partial charge in [-0.25, -0.2) is 0 Å². The van der Waals surface area contributed by atoms with Gasteiger partial charge < -0.3 is 11.5 Å². The van der Waals surface area contributed by atoms with E-state index in [-0.39, 0.29) is 11.8 Å². The first kappa shape index (κ1) is 15.9. The zero-order valence-electron chi connectivity index (χ0n) is 11.8. The maximum Gasteiger partial charge on any atom is 0.149 e. The van der Waals surface area contributed by atoms with Crippen molar-refractivity contribution in [3.05, 3.63) is 35.9 Å². The number of ketones is 1. The van der Waals surface area contributed by atoms with Gasteiger partial charge in [-0.2, -0.15) is 0 Å². The zero-order chi connectivity index (χ0) is 14.1. The van der Waals surface area contributed by atoms with Gasteiger partial charge in [-0.05, 0) is 37.3 Å². The molecule has 4 N–H and O–H groups in total. The largest absolute Gasteiger partial charge is 0.330 e. The molecule has 106 valence electrons. The van der Waals surface area contributed by atoms with Crippen LogP contribution >= 0.6 is 0 Å². The number of hydrogen-bond acceptors (Lipinski definition) is 3. The van der Waals surface area contributed by atoms with Crippen LogP contribution in [0.3, 0.4) is 0 Å². The van der Waals surface area contributed by atoms with E-state index < -0.39 is 0 Å². The van der Waals surface area contributed by atoms with Crippen LogP contribution in [0.5, 0.6) is 0 Å². The Bertz CT molecular complexity index is 364. The van der Waals surface area contributed by atoms with Crippen molar-refractivity contribution in [1.29, 1.82) is 0 Å². The molecule has 0 saturated heterocycles. The predicted octanol–water partition coefficient (Wildman–Crippen LogP) is 2.28. The first-order valence-electron chi connectivity index (χ1n) is 7.15. The molecule has 1 rings (SSSR count). The molecule has 0 amide bonds.